The molecule has 2 unspecified atom stereocenters. The highest BCUT2D eigenvalue weighted by Crippen LogP contribution is 2.45. The third-order valence-corrected chi connectivity index (χ3v) is 22.0. The first-order valence-electron chi connectivity index (χ1n) is 44.3. The summed E-state index contributed by atoms with van der Waals surface area (Å²) in [5, 5.41) is 10.7. The number of phosphoric acid groups is 2. The van der Waals surface area contributed by atoms with Crippen molar-refractivity contribution in [2.24, 2.45) is 0 Å². The van der Waals surface area contributed by atoms with Gasteiger partial charge in [-0.15, -0.1) is 0 Å². The van der Waals surface area contributed by atoms with E-state index in [1.165, 1.54) is 295 Å². The predicted molar refractivity (Wildman–Crippen MR) is 428 cm³/mol. The molecular weight excluding hydrogens is 1350 g/mol. The Labute approximate surface area is 638 Å². The second-order valence-electron chi connectivity index (χ2n) is 30.6. The SMILES string of the molecule is CCCCCCCCCCCCCCCCCCCCC(=O)OC[C@H](COP(=O)(O)OC[C@@H](O)COP(=O)(O)OC[C@@H](COC(=O)CCCCCCCCCCCC)OC(=O)CCCCCCCCCCCCCCCCCCCC)OC(=O)CCCCCCCCCCCCCCCCCCCC. The van der Waals surface area contributed by atoms with Crippen LogP contribution in [0.2, 0.25) is 0 Å². The molecule has 19 heteroatoms. The van der Waals surface area contributed by atoms with Crippen molar-refractivity contribution in [3.8, 4) is 0 Å². The summed E-state index contributed by atoms with van der Waals surface area (Å²) in [5.41, 5.74) is 0. The number of carbonyl (C=O) groups excluding carboxylic acids is 4. The largest absolute Gasteiger partial charge is 0.472 e. The minimum Gasteiger partial charge on any atom is -0.462 e. The van der Waals surface area contributed by atoms with Crippen LogP contribution in [0.5, 0.6) is 0 Å². The molecule has 17 nitrogen and oxygen atoms in total. The van der Waals surface area contributed by atoms with E-state index in [1.54, 1.807) is 0 Å². The fourth-order valence-electron chi connectivity index (χ4n) is 13.3. The van der Waals surface area contributed by atoms with E-state index in [4.69, 9.17) is 37.0 Å². The van der Waals surface area contributed by atoms with Crippen LogP contribution in [0.25, 0.3) is 0 Å². The van der Waals surface area contributed by atoms with E-state index in [9.17, 15) is 43.2 Å². The Hall–Kier alpha value is -1.94. The van der Waals surface area contributed by atoms with Crippen molar-refractivity contribution in [3.05, 3.63) is 0 Å². The molecule has 0 bridgehead atoms. The van der Waals surface area contributed by atoms with Gasteiger partial charge in [-0.25, -0.2) is 9.13 Å². The maximum atomic E-state index is 13.1. The van der Waals surface area contributed by atoms with Crippen LogP contribution < -0.4 is 0 Å². The topological polar surface area (TPSA) is 237 Å². The van der Waals surface area contributed by atoms with Gasteiger partial charge < -0.3 is 33.8 Å². The number of carbonyl (C=O) groups is 4. The summed E-state index contributed by atoms with van der Waals surface area (Å²) in [7, 11) is -9.92. The summed E-state index contributed by atoms with van der Waals surface area (Å²) in [6, 6.07) is 0. The Bertz CT molecular complexity index is 1960. The average Bonchev–Trinajstić information content (AvgIpc) is 1.51. The summed E-state index contributed by atoms with van der Waals surface area (Å²) in [5.74, 6) is -2.10. The molecule has 0 aromatic carbocycles. The summed E-state index contributed by atoms with van der Waals surface area (Å²) in [4.78, 5) is 73.2. The lowest BCUT2D eigenvalue weighted by molar-refractivity contribution is -0.161. The van der Waals surface area contributed by atoms with E-state index in [0.717, 1.165) is 89.9 Å². The molecule has 3 N–H and O–H groups in total. The van der Waals surface area contributed by atoms with Gasteiger partial charge in [-0.1, -0.05) is 413 Å². The maximum Gasteiger partial charge on any atom is 0.472 e. The van der Waals surface area contributed by atoms with Gasteiger partial charge in [-0.05, 0) is 25.7 Å². The molecule has 0 rings (SSSR count). The first-order chi connectivity index (χ1) is 50.7. The molecular formula is C85H166O17P2. The first kappa shape index (κ1) is 102. The number of aliphatic hydroxyl groups is 1. The lowest BCUT2D eigenvalue weighted by Crippen LogP contribution is -2.30. The highest BCUT2D eigenvalue weighted by molar-refractivity contribution is 7.47. The van der Waals surface area contributed by atoms with Crippen LogP contribution in [-0.2, 0) is 65.4 Å². The number of unbranched alkanes of at least 4 members (excludes halogenated alkanes) is 60. The molecule has 0 aromatic rings. The normalized spacial score (nSPS) is 13.7. The number of phosphoric ester groups is 2. The predicted octanol–water partition coefficient (Wildman–Crippen LogP) is 26.1. The molecule has 0 heterocycles. The summed E-state index contributed by atoms with van der Waals surface area (Å²) in [6.07, 6.45) is 73.5. The van der Waals surface area contributed by atoms with Crippen molar-refractivity contribution >= 4 is 39.5 Å². The van der Waals surface area contributed by atoms with Gasteiger partial charge in [0, 0.05) is 25.7 Å². The Morgan fingerprint density at radius 3 is 0.567 bits per heavy atom. The maximum absolute atomic E-state index is 13.1. The lowest BCUT2D eigenvalue weighted by Gasteiger charge is -2.21. The van der Waals surface area contributed by atoms with Gasteiger partial charge in [0.1, 0.15) is 19.3 Å². The molecule has 0 saturated heterocycles. The number of hydrogen-bond acceptors (Lipinski definition) is 15. The van der Waals surface area contributed by atoms with Crippen molar-refractivity contribution in [3.63, 3.8) is 0 Å². The van der Waals surface area contributed by atoms with Gasteiger partial charge in [0.2, 0.25) is 0 Å². The van der Waals surface area contributed by atoms with E-state index in [1.807, 2.05) is 0 Å². The minimum absolute atomic E-state index is 0.109. The average molecular weight is 1520 g/mol. The number of hydrogen-bond donors (Lipinski definition) is 3. The van der Waals surface area contributed by atoms with Gasteiger partial charge in [0.15, 0.2) is 12.2 Å². The number of rotatable bonds is 86. The van der Waals surface area contributed by atoms with Crippen LogP contribution in [0.1, 0.15) is 464 Å². The van der Waals surface area contributed by atoms with E-state index < -0.39 is 97.5 Å². The zero-order chi connectivity index (χ0) is 76.0. The zero-order valence-electron chi connectivity index (χ0n) is 68.0. The van der Waals surface area contributed by atoms with E-state index in [2.05, 4.69) is 27.7 Å². The molecule has 0 aliphatic carbocycles. The third-order valence-electron chi connectivity index (χ3n) is 20.1. The van der Waals surface area contributed by atoms with Crippen molar-refractivity contribution in [1.29, 1.82) is 0 Å². The van der Waals surface area contributed by atoms with Crippen LogP contribution in [0.4, 0.5) is 0 Å². The van der Waals surface area contributed by atoms with Crippen LogP contribution in [0.3, 0.4) is 0 Å². The highest BCUT2D eigenvalue weighted by atomic mass is 31.2. The zero-order valence-corrected chi connectivity index (χ0v) is 69.8. The molecule has 0 spiro atoms. The molecule has 0 aliphatic rings. The van der Waals surface area contributed by atoms with Gasteiger partial charge in [0.25, 0.3) is 0 Å². The molecule has 618 valence electrons. The smallest absolute Gasteiger partial charge is 0.462 e. The fourth-order valence-corrected chi connectivity index (χ4v) is 14.9. The van der Waals surface area contributed by atoms with Gasteiger partial charge in [-0.2, -0.15) is 0 Å². The van der Waals surface area contributed by atoms with Crippen molar-refractivity contribution < 1.29 is 80.2 Å². The minimum atomic E-state index is -4.96. The lowest BCUT2D eigenvalue weighted by atomic mass is 10.0. The standard InChI is InChI=1S/C85H166O17P2/c1-5-9-13-17-21-25-29-32-35-38-41-44-47-50-54-58-62-66-70-83(88)96-76-81(102-85(90)72-68-64-60-56-52-49-46-43-40-37-34-31-27-23-19-15-11-7-3)78-100-104(93,94)98-74-79(86)73-97-103(91,92)99-77-80(75-95-82(87)69-65-61-57-53-28-24-20-16-12-8-4)101-84(89)71-67-63-59-55-51-48-45-42-39-36-33-30-26-22-18-14-10-6-2/h79-81,86H,5-78H2,1-4H3,(H,91,92)(H,93,94)/t79-,80+,81+/m0/s1. The van der Waals surface area contributed by atoms with Gasteiger partial charge in [-0.3, -0.25) is 37.3 Å². The Morgan fingerprint density at radius 1 is 0.231 bits per heavy atom. The Balaban J connectivity index is 5.22. The summed E-state index contributed by atoms with van der Waals surface area (Å²) >= 11 is 0. The number of aliphatic hydroxyl groups excluding tert-OH is 1. The van der Waals surface area contributed by atoms with E-state index >= 15 is 0 Å². The molecule has 0 radical (unpaired) electrons. The molecule has 0 amide bonds. The Morgan fingerprint density at radius 2 is 0.385 bits per heavy atom. The summed E-state index contributed by atoms with van der Waals surface area (Å²) < 4.78 is 68.9. The van der Waals surface area contributed by atoms with Crippen LogP contribution in [0, 0.1) is 0 Å². The fraction of sp³-hybridized carbons (Fsp3) is 0.953. The van der Waals surface area contributed by atoms with E-state index in [-0.39, 0.29) is 25.7 Å². The summed E-state index contributed by atoms with van der Waals surface area (Å²) in [6.45, 7) is 5.05. The van der Waals surface area contributed by atoms with Crippen LogP contribution >= 0.6 is 15.6 Å². The monoisotopic (exact) mass is 1520 g/mol. The van der Waals surface area contributed by atoms with Gasteiger partial charge >= 0.3 is 39.5 Å². The molecule has 104 heavy (non-hydrogen) atoms. The third kappa shape index (κ3) is 78.2. The molecule has 5 atom stereocenters. The Kier molecular flexibility index (Phi) is 77.7. The van der Waals surface area contributed by atoms with Crippen molar-refractivity contribution in [2.45, 2.75) is 483 Å². The molecule has 0 saturated carbocycles. The second-order valence-corrected chi connectivity index (χ2v) is 33.5. The first-order valence-corrected chi connectivity index (χ1v) is 47.3. The quantitative estimate of drug-likeness (QED) is 0.0222. The van der Waals surface area contributed by atoms with Crippen LogP contribution in [0.15, 0.2) is 0 Å². The van der Waals surface area contributed by atoms with E-state index in [0.29, 0.717) is 25.7 Å². The molecule has 0 aromatic heterocycles. The number of ether oxygens (including phenoxy) is 4. The van der Waals surface area contributed by atoms with Crippen molar-refractivity contribution in [1.82, 2.24) is 0 Å². The number of esters is 4. The van der Waals surface area contributed by atoms with Crippen molar-refractivity contribution in [2.75, 3.05) is 39.6 Å². The van der Waals surface area contributed by atoms with Gasteiger partial charge in [0.05, 0.1) is 26.4 Å². The second kappa shape index (κ2) is 79.2. The molecule has 0 aliphatic heterocycles. The van der Waals surface area contributed by atoms with Crippen LogP contribution in [-0.4, -0.2) is 96.7 Å². The molecule has 0 fully saturated rings. The highest BCUT2D eigenvalue weighted by Gasteiger charge is 2.30.